The number of ether oxygens (including phenoxy) is 3. The van der Waals surface area contributed by atoms with Crippen LogP contribution in [0.15, 0.2) is 53.9 Å². The number of allylic oxidation sites excluding steroid dienone is 2. The minimum Gasteiger partial charge on any atom is -0.465 e. The van der Waals surface area contributed by atoms with Gasteiger partial charge in [-0.25, -0.2) is 14.4 Å². The molecule has 2 aliphatic rings. The number of carbonyl (C=O) groups is 3. The molecule has 1 saturated heterocycles. The van der Waals surface area contributed by atoms with Gasteiger partial charge >= 0.3 is 17.9 Å². The lowest BCUT2D eigenvalue weighted by Gasteiger charge is -2.34. The lowest BCUT2D eigenvalue weighted by molar-refractivity contribution is -0.139. The molecule has 164 valence electrons. The molecule has 2 aliphatic heterocycles. The summed E-state index contributed by atoms with van der Waals surface area (Å²) < 4.78 is 14.8. The summed E-state index contributed by atoms with van der Waals surface area (Å²) in [5, 5.41) is 0. The molecule has 0 aliphatic carbocycles. The minimum absolute atomic E-state index is 0.000347. The number of hydrogen-bond donors (Lipinski definition) is 0. The Morgan fingerprint density at radius 1 is 0.806 bits per heavy atom. The average Bonchev–Trinajstić information content (AvgIpc) is 3.05. The van der Waals surface area contributed by atoms with Gasteiger partial charge in [-0.2, -0.15) is 0 Å². The molecule has 0 amide bonds. The summed E-state index contributed by atoms with van der Waals surface area (Å²) >= 11 is 0. The SMILES string of the molecule is COC(=O)C1=C(C(=O)OC)N(c2cc(C(=O)OC)ccc2N2CCCCC2)C=CC=C1. The van der Waals surface area contributed by atoms with Crippen molar-refractivity contribution in [2.45, 2.75) is 19.3 Å². The highest BCUT2D eigenvalue weighted by Gasteiger charge is 2.30. The van der Waals surface area contributed by atoms with Gasteiger partial charge in [0.25, 0.3) is 0 Å². The lowest BCUT2D eigenvalue weighted by Crippen LogP contribution is -2.33. The van der Waals surface area contributed by atoms with Gasteiger partial charge < -0.3 is 24.0 Å². The summed E-state index contributed by atoms with van der Waals surface area (Å²) in [4.78, 5) is 41.3. The quantitative estimate of drug-likeness (QED) is 0.525. The van der Waals surface area contributed by atoms with E-state index in [1.165, 1.54) is 27.4 Å². The van der Waals surface area contributed by atoms with Crippen LogP contribution in [0.25, 0.3) is 0 Å². The van der Waals surface area contributed by atoms with Gasteiger partial charge in [0.05, 0.1) is 43.8 Å². The molecule has 0 unspecified atom stereocenters. The molecule has 1 aromatic rings. The van der Waals surface area contributed by atoms with Gasteiger partial charge in [-0.1, -0.05) is 6.08 Å². The highest BCUT2D eigenvalue weighted by atomic mass is 16.5. The maximum atomic E-state index is 12.8. The van der Waals surface area contributed by atoms with Crippen molar-refractivity contribution in [3.8, 4) is 0 Å². The number of piperidine rings is 1. The zero-order chi connectivity index (χ0) is 22.4. The fourth-order valence-electron chi connectivity index (χ4n) is 3.71. The number of benzene rings is 1. The predicted octanol–water partition coefficient (Wildman–Crippen LogP) is 2.95. The van der Waals surface area contributed by atoms with Crippen molar-refractivity contribution in [3.63, 3.8) is 0 Å². The summed E-state index contributed by atoms with van der Waals surface area (Å²) in [5.41, 5.74) is 1.77. The summed E-state index contributed by atoms with van der Waals surface area (Å²) in [6.45, 7) is 1.70. The second kappa shape index (κ2) is 9.97. The van der Waals surface area contributed by atoms with E-state index in [1.54, 1.807) is 35.4 Å². The van der Waals surface area contributed by atoms with Crippen LogP contribution in [0.2, 0.25) is 0 Å². The van der Waals surface area contributed by atoms with E-state index in [1.807, 2.05) is 6.07 Å². The zero-order valence-corrected chi connectivity index (χ0v) is 17.9. The van der Waals surface area contributed by atoms with Crippen LogP contribution >= 0.6 is 0 Å². The van der Waals surface area contributed by atoms with E-state index in [9.17, 15) is 14.4 Å². The molecular formula is C23H26N2O6. The van der Waals surface area contributed by atoms with Crippen molar-refractivity contribution in [1.82, 2.24) is 0 Å². The van der Waals surface area contributed by atoms with Gasteiger partial charge in [0.15, 0.2) is 0 Å². The summed E-state index contributed by atoms with van der Waals surface area (Å²) in [7, 11) is 3.81. The lowest BCUT2D eigenvalue weighted by atomic mass is 10.1. The van der Waals surface area contributed by atoms with Crippen molar-refractivity contribution in [3.05, 3.63) is 59.5 Å². The Balaban J connectivity index is 2.24. The Kier molecular flexibility index (Phi) is 7.12. The molecule has 0 bridgehead atoms. The van der Waals surface area contributed by atoms with Crippen molar-refractivity contribution in [1.29, 1.82) is 0 Å². The first-order valence-corrected chi connectivity index (χ1v) is 10.0. The monoisotopic (exact) mass is 426 g/mol. The molecule has 2 heterocycles. The largest absolute Gasteiger partial charge is 0.465 e. The highest BCUT2D eigenvalue weighted by molar-refractivity contribution is 6.06. The van der Waals surface area contributed by atoms with Crippen LogP contribution in [-0.2, 0) is 23.8 Å². The first kappa shape index (κ1) is 22.1. The Morgan fingerprint density at radius 3 is 2.13 bits per heavy atom. The van der Waals surface area contributed by atoms with Crippen molar-refractivity contribution in [2.75, 3.05) is 44.2 Å². The Bertz CT molecular complexity index is 957. The van der Waals surface area contributed by atoms with Gasteiger partial charge in [0.2, 0.25) is 0 Å². The maximum Gasteiger partial charge on any atom is 0.355 e. The Hall–Kier alpha value is -3.55. The molecular weight excluding hydrogens is 400 g/mol. The topological polar surface area (TPSA) is 85.4 Å². The molecule has 0 spiro atoms. The van der Waals surface area contributed by atoms with E-state index < -0.39 is 17.9 Å². The number of rotatable bonds is 5. The van der Waals surface area contributed by atoms with Crippen LogP contribution < -0.4 is 9.80 Å². The number of nitrogens with zero attached hydrogens (tertiary/aromatic N) is 2. The second-order valence-electron chi connectivity index (χ2n) is 7.06. The fourth-order valence-corrected chi connectivity index (χ4v) is 3.71. The smallest absolute Gasteiger partial charge is 0.355 e. The third kappa shape index (κ3) is 4.63. The van der Waals surface area contributed by atoms with Crippen LogP contribution in [0.1, 0.15) is 29.6 Å². The van der Waals surface area contributed by atoms with Gasteiger partial charge in [-0.05, 0) is 49.6 Å². The van der Waals surface area contributed by atoms with Gasteiger partial charge in [0, 0.05) is 19.3 Å². The predicted molar refractivity (Wildman–Crippen MR) is 116 cm³/mol. The average molecular weight is 426 g/mol. The maximum absolute atomic E-state index is 12.8. The molecule has 0 aromatic heterocycles. The Labute approximate surface area is 181 Å². The molecule has 0 saturated carbocycles. The highest BCUT2D eigenvalue weighted by Crippen LogP contribution is 2.37. The van der Waals surface area contributed by atoms with E-state index in [0.29, 0.717) is 11.3 Å². The van der Waals surface area contributed by atoms with Crippen LogP contribution in [0.4, 0.5) is 11.4 Å². The van der Waals surface area contributed by atoms with Crippen LogP contribution in [0.5, 0.6) is 0 Å². The number of anilines is 2. The normalized spacial score (nSPS) is 16.1. The van der Waals surface area contributed by atoms with Gasteiger partial charge in [-0.15, -0.1) is 0 Å². The van der Waals surface area contributed by atoms with E-state index in [0.717, 1.165) is 38.0 Å². The molecule has 1 fully saturated rings. The van der Waals surface area contributed by atoms with Crippen molar-refractivity contribution < 1.29 is 28.6 Å². The molecule has 8 nitrogen and oxygen atoms in total. The molecule has 0 atom stereocenters. The fraction of sp³-hybridized carbons (Fsp3) is 0.348. The molecule has 31 heavy (non-hydrogen) atoms. The van der Waals surface area contributed by atoms with Crippen LogP contribution in [0, 0.1) is 0 Å². The summed E-state index contributed by atoms with van der Waals surface area (Å²) in [5.74, 6) is -1.88. The number of methoxy groups -OCH3 is 3. The van der Waals surface area contributed by atoms with Gasteiger partial charge in [-0.3, -0.25) is 0 Å². The van der Waals surface area contributed by atoms with Crippen LogP contribution in [0.3, 0.4) is 0 Å². The third-order valence-electron chi connectivity index (χ3n) is 5.24. The number of esters is 3. The first-order valence-electron chi connectivity index (χ1n) is 10.0. The second-order valence-corrected chi connectivity index (χ2v) is 7.06. The summed E-state index contributed by atoms with van der Waals surface area (Å²) in [6, 6.07) is 5.19. The number of carbonyl (C=O) groups excluding carboxylic acids is 3. The molecule has 3 rings (SSSR count). The van der Waals surface area contributed by atoms with E-state index >= 15 is 0 Å². The minimum atomic E-state index is -0.704. The Morgan fingerprint density at radius 2 is 1.48 bits per heavy atom. The number of hydrogen-bond acceptors (Lipinski definition) is 8. The third-order valence-corrected chi connectivity index (χ3v) is 5.24. The van der Waals surface area contributed by atoms with Gasteiger partial charge in [0.1, 0.15) is 5.70 Å². The van der Waals surface area contributed by atoms with Crippen molar-refractivity contribution in [2.24, 2.45) is 0 Å². The molecule has 0 radical (unpaired) electrons. The molecule has 8 heteroatoms. The molecule has 0 N–H and O–H groups in total. The van der Waals surface area contributed by atoms with E-state index in [4.69, 9.17) is 14.2 Å². The molecule has 1 aromatic carbocycles. The summed E-state index contributed by atoms with van der Waals surface area (Å²) in [6.07, 6.45) is 9.73. The van der Waals surface area contributed by atoms with E-state index in [2.05, 4.69) is 4.90 Å². The zero-order valence-electron chi connectivity index (χ0n) is 17.9. The standard InChI is InChI=1S/C23H26N2O6/c1-29-21(26)16-10-11-18(24-12-6-4-7-13-24)19(15-16)25-14-8-5-9-17(22(27)30-2)20(25)23(28)31-3/h5,8-11,14-15H,4,6-7,12-13H2,1-3H3. The first-order chi connectivity index (χ1) is 15.0. The van der Waals surface area contributed by atoms with Crippen LogP contribution in [-0.4, -0.2) is 52.3 Å². The van der Waals surface area contributed by atoms with E-state index in [-0.39, 0.29) is 11.3 Å². The van der Waals surface area contributed by atoms with Crippen molar-refractivity contribution >= 4 is 29.3 Å².